The molecule has 1 saturated heterocycles. The Kier molecular flexibility index (Phi) is 5.36. The van der Waals surface area contributed by atoms with Crippen LogP contribution in [0.15, 0.2) is 24.3 Å². The topological polar surface area (TPSA) is 65.7 Å². The molecular formula is C15H20N2O3. The van der Waals surface area contributed by atoms with E-state index in [0.717, 1.165) is 18.8 Å². The fourth-order valence-electron chi connectivity index (χ4n) is 2.20. The number of nitrogens with zero attached hydrogens (tertiary/aromatic N) is 2. The standard InChI is InChI=1S/C15H20N2O3/c1-12-11-20-15(10-18)9-17(12)6-7-19-14-4-2-13(8-16)3-5-14/h2-5,12,15,18H,6-7,9-11H2,1H3. The Morgan fingerprint density at radius 3 is 2.85 bits per heavy atom. The van der Waals surface area contributed by atoms with Gasteiger partial charge in [0.2, 0.25) is 0 Å². The van der Waals surface area contributed by atoms with Gasteiger partial charge in [0.05, 0.1) is 31.0 Å². The molecule has 5 nitrogen and oxygen atoms in total. The van der Waals surface area contributed by atoms with Crippen molar-refractivity contribution >= 4 is 0 Å². The molecule has 1 aliphatic rings. The lowest BCUT2D eigenvalue weighted by molar-refractivity contribution is -0.0798. The number of hydrogen-bond donors (Lipinski definition) is 1. The zero-order valence-electron chi connectivity index (χ0n) is 11.7. The molecule has 2 rings (SSSR count). The maximum atomic E-state index is 9.14. The van der Waals surface area contributed by atoms with Crippen LogP contribution in [-0.2, 0) is 4.74 Å². The second-order valence-electron chi connectivity index (χ2n) is 4.97. The fraction of sp³-hybridized carbons (Fsp3) is 0.533. The van der Waals surface area contributed by atoms with Gasteiger partial charge in [-0.25, -0.2) is 0 Å². The average molecular weight is 276 g/mol. The summed E-state index contributed by atoms with van der Waals surface area (Å²) < 4.78 is 11.2. The summed E-state index contributed by atoms with van der Waals surface area (Å²) in [6.07, 6.45) is -0.0962. The number of aliphatic hydroxyl groups is 1. The molecule has 1 aliphatic heterocycles. The number of rotatable bonds is 5. The minimum atomic E-state index is -0.0962. The van der Waals surface area contributed by atoms with E-state index in [1.165, 1.54) is 0 Å². The Morgan fingerprint density at radius 2 is 2.20 bits per heavy atom. The van der Waals surface area contributed by atoms with Crippen molar-refractivity contribution in [1.82, 2.24) is 4.90 Å². The van der Waals surface area contributed by atoms with Crippen LogP contribution in [0.5, 0.6) is 5.75 Å². The van der Waals surface area contributed by atoms with Gasteiger partial charge in [-0.3, -0.25) is 4.90 Å². The van der Waals surface area contributed by atoms with Crippen LogP contribution in [0, 0.1) is 11.3 Å². The monoisotopic (exact) mass is 276 g/mol. The predicted octanol–water partition coefficient (Wildman–Crippen LogP) is 1.02. The zero-order chi connectivity index (χ0) is 14.4. The molecule has 1 N–H and O–H groups in total. The molecule has 0 aliphatic carbocycles. The highest BCUT2D eigenvalue weighted by atomic mass is 16.5. The number of morpholine rings is 1. The van der Waals surface area contributed by atoms with Crippen molar-refractivity contribution in [3.05, 3.63) is 29.8 Å². The number of nitriles is 1. The van der Waals surface area contributed by atoms with Crippen LogP contribution in [0.4, 0.5) is 0 Å². The Hall–Kier alpha value is -1.61. The highest BCUT2D eigenvalue weighted by Gasteiger charge is 2.25. The van der Waals surface area contributed by atoms with Gasteiger partial charge in [0.25, 0.3) is 0 Å². The summed E-state index contributed by atoms with van der Waals surface area (Å²) >= 11 is 0. The predicted molar refractivity (Wildman–Crippen MR) is 74.5 cm³/mol. The molecule has 0 aromatic heterocycles. The summed E-state index contributed by atoms with van der Waals surface area (Å²) in [5.74, 6) is 0.767. The molecule has 0 saturated carbocycles. The Labute approximate surface area is 119 Å². The SMILES string of the molecule is CC1COC(CO)CN1CCOc1ccc(C#N)cc1. The van der Waals surface area contributed by atoms with Crippen LogP contribution in [-0.4, -0.2) is 55.1 Å². The normalized spacial score (nSPS) is 23.2. The van der Waals surface area contributed by atoms with Gasteiger partial charge in [-0.1, -0.05) is 0 Å². The quantitative estimate of drug-likeness (QED) is 0.869. The van der Waals surface area contributed by atoms with Gasteiger partial charge in [0, 0.05) is 19.1 Å². The fourth-order valence-corrected chi connectivity index (χ4v) is 2.20. The number of hydrogen-bond acceptors (Lipinski definition) is 5. The first-order valence-corrected chi connectivity index (χ1v) is 6.82. The molecule has 0 bridgehead atoms. The molecule has 20 heavy (non-hydrogen) atoms. The minimum Gasteiger partial charge on any atom is -0.492 e. The van der Waals surface area contributed by atoms with Gasteiger partial charge in [0.1, 0.15) is 12.4 Å². The van der Waals surface area contributed by atoms with Gasteiger partial charge in [-0.05, 0) is 31.2 Å². The maximum absolute atomic E-state index is 9.14. The highest BCUT2D eigenvalue weighted by molar-refractivity contribution is 5.34. The third-order valence-corrected chi connectivity index (χ3v) is 3.47. The summed E-state index contributed by atoms with van der Waals surface area (Å²) in [5, 5.41) is 17.9. The summed E-state index contributed by atoms with van der Waals surface area (Å²) in [6, 6.07) is 9.51. The van der Waals surface area contributed by atoms with E-state index in [9.17, 15) is 0 Å². The smallest absolute Gasteiger partial charge is 0.119 e. The van der Waals surface area contributed by atoms with Gasteiger partial charge in [0.15, 0.2) is 0 Å². The van der Waals surface area contributed by atoms with E-state index in [0.29, 0.717) is 24.8 Å². The molecule has 0 amide bonds. The lowest BCUT2D eigenvalue weighted by Crippen LogP contribution is -2.50. The number of benzene rings is 1. The molecule has 0 spiro atoms. The molecule has 2 unspecified atom stereocenters. The van der Waals surface area contributed by atoms with E-state index in [1.807, 2.05) is 0 Å². The van der Waals surface area contributed by atoms with E-state index >= 15 is 0 Å². The molecule has 1 aromatic carbocycles. The molecule has 1 aromatic rings. The van der Waals surface area contributed by atoms with Gasteiger partial charge in [-0.2, -0.15) is 5.26 Å². The first-order chi connectivity index (χ1) is 9.72. The molecule has 1 fully saturated rings. The van der Waals surface area contributed by atoms with Crippen LogP contribution >= 0.6 is 0 Å². The van der Waals surface area contributed by atoms with E-state index in [-0.39, 0.29) is 12.7 Å². The Morgan fingerprint density at radius 1 is 1.45 bits per heavy atom. The van der Waals surface area contributed by atoms with Crippen molar-refractivity contribution < 1.29 is 14.6 Å². The van der Waals surface area contributed by atoms with Crippen molar-refractivity contribution in [2.75, 3.05) is 32.9 Å². The molecule has 0 radical (unpaired) electrons. The lowest BCUT2D eigenvalue weighted by Gasteiger charge is -2.37. The number of ether oxygens (including phenoxy) is 2. The van der Waals surface area contributed by atoms with Gasteiger partial charge in [-0.15, -0.1) is 0 Å². The summed E-state index contributed by atoms with van der Waals surface area (Å²) in [5.41, 5.74) is 0.630. The van der Waals surface area contributed by atoms with Crippen LogP contribution in [0.3, 0.4) is 0 Å². The molecule has 108 valence electrons. The zero-order valence-corrected chi connectivity index (χ0v) is 11.7. The Bertz CT molecular complexity index is 455. The highest BCUT2D eigenvalue weighted by Crippen LogP contribution is 2.13. The third kappa shape index (κ3) is 3.94. The largest absolute Gasteiger partial charge is 0.492 e. The molecule has 1 heterocycles. The van der Waals surface area contributed by atoms with Crippen LogP contribution in [0.25, 0.3) is 0 Å². The minimum absolute atomic E-state index is 0.0553. The van der Waals surface area contributed by atoms with E-state index in [1.54, 1.807) is 24.3 Å². The molecule has 5 heteroatoms. The second kappa shape index (κ2) is 7.25. The molecular weight excluding hydrogens is 256 g/mol. The third-order valence-electron chi connectivity index (χ3n) is 3.47. The summed E-state index contributed by atoms with van der Waals surface area (Å²) in [4.78, 5) is 2.26. The van der Waals surface area contributed by atoms with Gasteiger partial charge >= 0.3 is 0 Å². The maximum Gasteiger partial charge on any atom is 0.119 e. The van der Waals surface area contributed by atoms with Gasteiger partial charge < -0.3 is 14.6 Å². The number of aliphatic hydroxyl groups excluding tert-OH is 1. The van der Waals surface area contributed by atoms with Crippen molar-refractivity contribution in [3.8, 4) is 11.8 Å². The Balaban J connectivity index is 1.78. The van der Waals surface area contributed by atoms with Crippen LogP contribution < -0.4 is 4.74 Å². The average Bonchev–Trinajstić information content (AvgIpc) is 2.50. The summed E-state index contributed by atoms with van der Waals surface area (Å²) in [6.45, 7) is 4.90. The first-order valence-electron chi connectivity index (χ1n) is 6.82. The van der Waals surface area contributed by atoms with E-state index in [2.05, 4.69) is 17.9 Å². The molecule has 2 atom stereocenters. The second-order valence-corrected chi connectivity index (χ2v) is 4.97. The van der Waals surface area contributed by atoms with Crippen molar-refractivity contribution in [2.45, 2.75) is 19.1 Å². The lowest BCUT2D eigenvalue weighted by atomic mass is 10.2. The van der Waals surface area contributed by atoms with E-state index in [4.69, 9.17) is 19.8 Å². The van der Waals surface area contributed by atoms with Crippen molar-refractivity contribution in [3.63, 3.8) is 0 Å². The van der Waals surface area contributed by atoms with Crippen molar-refractivity contribution in [1.29, 1.82) is 5.26 Å². The summed E-state index contributed by atoms with van der Waals surface area (Å²) in [7, 11) is 0. The van der Waals surface area contributed by atoms with E-state index < -0.39 is 0 Å². The van der Waals surface area contributed by atoms with Crippen LogP contribution in [0.1, 0.15) is 12.5 Å². The first kappa shape index (κ1) is 14.8. The van der Waals surface area contributed by atoms with Crippen molar-refractivity contribution in [2.24, 2.45) is 0 Å². The van der Waals surface area contributed by atoms with Crippen LogP contribution in [0.2, 0.25) is 0 Å².